The van der Waals surface area contributed by atoms with E-state index in [1.165, 1.54) is 4.68 Å². The zero-order chi connectivity index (χ0) is 21.3. The molecule has 0 radical (unpaired) electrons. The maximum Gasteiger partial charge on any atom is 0.267 e. The van der Waals surface area contributed by atoms with E-state index in [4.69, 9.17) is 4.52 Å². The average molecular weight is 402 g/mol. The summed E-state index contributed by atoms with van der Waals surface area (Å²) < 4.78 is 6.78. The SMILES string of the molecule is Cc1ccc(-c2noc(C)c2Cn2ncc(-c3ccc(N(C)C)nc3)cc2=O)cn1. The molecule has 0 saturated carbocycles. The van der Waals surface area contributed by atoms with Gasteiger partial charge in [0.05, 0.1) is 12.7 Å². The molecule has 0 aliphatic heterocycles. The molecular weight excluding hydrogens is 380 g/mol. The predicted octanol–water partition coefficient (Wildman–Crippen LogP) is 3.09. The summed E-state index contributed by atoms with van der Waals surface area (Å²) in [5.41, 5.74) is 4.58. The molecule has 152 valence electrons. The summed E-state index contributed by atoms with van der Waals surface area (Å²) in [5, 5.41) is 8.52. The van der Waals surface area contributed by atoms with Gasteiger partial charge < -0.3 is 9.42 Å². The number of hydrogen-bond acceptors (Lipinski definition) is 7. The van der Waals surface area contributed by atoms with Crippen LogP contribution in [0.2, 0.25) is 0 Å². The zero-order valence-corrected chi connectivity index (χ0v) is 17.3. The molecule has 0 bridgehead atoms. The van der Waals surface area contributed by atoms with E-state index in [1.54, 1.807) is 24.7 Å². The fraction of sp³-hybridized carbons (Fsp3) is 0.227. The highest BCUT2D eigenvalue weighted by atomic mass is 16.5. The lowest BCUT2D eigenvalue weighted by Crippen LogP contribution is -2.23. The van der Waals surface area contributed by atoms with Crippen LogP contribution in [0.3, 0.4) is 0 Å². The number of pyridine rings is 2. The third-order valence-electron chi connectivity index (χ3n) is 4.89. The van der Waals surface area contributed by atoms with Gasteiger partial charge >= 0.3 is 0 Å². The van der Waals surface area contributed by atoms with E-state index in [-0.39, 0.29) is 12.1 Å². The first-order chi connectivity index (χ1) is 14.4. The summed E-state index contributed by atoms with van der Waals surface area (Å²) in [5.74, 6) is 1.49. The van der Waals surface area contributed by atoms with Crippen LogP contribution >= 0.6 is 0 Å². The molecule has 8 nitrogen and oxygen atoms in total. The third-order valence-corrected chi connectivity index (χ3v) is 4.89. The van der Waals surface area contributed by atoms with E-state index in [2.05, 4.69) is 20.2 Å². The van der Waals surface area contributed by atoms with Crippen LogP contribution < -0.4 is 10.5 Å². The number of nitrogens with zero attached hydrogens (tertiary/aromatic N) is 6. The van der Waals surface area contributed by atoms with Crippen molar-refractivity contribution in [1.29, 1.82) is 0 Å². The van der Waals surface area contributed by atoms with Gasteiger partial charge in [-0.05, 0) is 38.1 Å². The van der Waals surface area contributed by atoms with Crippen molar-refractivity contribution in [2.24, 2.45) is 0 Å². The van der Waals surface area contributed by atoms with Gasteiger partial charge in [0.25, 0.3) is 5.56 Å². The standard InChI is InChI=1S/C22H22N6O2/c1-14-5-6-17(11-23-14)22-19(15(2)30-26-22)13-28-21(29)9-18(12-25-28)16-7-8-20(24-10-16)27(3)4/h5-12H,13H2,1-4H3. The Balaban J connectivity index is 1.63. The fourth-order valence-electron chi connectivity index (χ4n) is 3.09. The predicted molar refractivity (Wildman–Crippen MR) is 114 cm³/mol. The maximum absolute atomic E-state index is 12.7. The molecule has 0 aliphatic carbocycles. The Morgan fingerprint density at radius 3 is 2.37 bits per heavy atom. The highest BCUT2D eigenvalue weighted by Gasteiger charge is 2.17. The lowest BCUT2D eigenvalue weighted by molar-refractivity contribution is 0.397. The highest BCUT2D eigenvalue weighted by molar-refractivity contribution is 5.63. The average Bonchev–Trinajstić information content (AvgIpc) is 3.10. The molecule has 0 fully saturated rings. The molecule has 0 aromatic carbocycles. The molecule has 30 heavy (non-hydrogen) atoms. The molecular formula is C22H22N6O2. The molecule has 4 aromatic rings. The van der Waals surface area contributed by atoms with Gasteiger partial charge in [-0.2, -0.15) is 5.10 Å². The number of rotatable bonds is 5. The quantitative estimate of drug-likeness (QED) is 0.507. The Bertz CT molecular complexity index is 1220. The molecule has 0 N–H and O–H groups in total. The smallest absolute Gasteiger partial charge is 0.267 e. The first-order valence-electron chi connectivity index (χ1n) is 9.51. The van der Waals surface area contributed by atoms with Crippen LogP contribution in [0.4, 0.5) is 5.82 Å². The summed E-state index contributed by atoms with van der Waals surface area (Å²) in [6.45, 7) is 4.01. The zero-order valence-electron chi connectivity index (χ0n) is 17.3. The fourth-order valence-corrected chi connectivity index (χ4v) is 3.09. The molecule has 4 heterocycles. The normalized spacial score (nSPS) is 10.9. The lowest BCUT2D eigenvalue weighted by atomic mass is 10.1. The van der Waals surface area contributed by atoms with E-state index in [1.807, 2.05) is 57.1 Å². The molecule has 0 saturated heterocycles. The second kappa shape index (κ2) is 7.90. The molecule has 0 atom stereocenters. The van der Waals surface area contributed by atoms with Crippen LogP contribution in [-0.2, 0) is 6.54 Å². The van der Waals surface area contributed by atoms with Crippen LogP contribution in [0.1, 0.15) is 17.0 Å². The first kappa shape index (κ1) is 19.5. The molecule has 0 unspecified atom stereocenters. The molecule has 4 aromatic heterocycles. The van der Waals surface area contributed by atoms with Crippen molar-refractivity contribution < 1.29 is 4.52 Å². The minimum Gasteiger partial charge on any atom is -0.363 e. The van der Waals surface area contributed by atoms with E-state index in [0.29, 0.717) is 11.5 Å². The lowest BCUT2D eigenvalue weighted by Gasteiger charge is -2.11. The number of aryl methyl sites for hydroxylation is 2. The Morgan fingerprint density at radius 1 is 0.967 bits per heavy atom. The second-order valence-corrected chi connectivity index (χ2v) is 7.29. The van der Waals surface area contributed by atoms with Gasteiger partial charge in [-0.25, -0.2) is 9.67 Å². The first-order valence-corrected chi connectivity index (χ1v) is 9.51. The molecule has 0 amide bonds. The summed E-state index contributed by atoms with van der Waals surface area (Å²) >= 11 is 0. The van der Waals surface area contributed by atoms with E-state index < -0.39 is 0 Å². The van der Waals surface area contributed by atoms with Crippen LogP contribution in [-0.4, -0.2) is 39.0 Å². The molecule has 0 spiro atoms. The van der Waals surface area contributed by atoms with Crippen molar-refractivity contribution in [1.82, 2.24) is 24.9 Å². The number of hydrogen-bond donors (Lipinski definition) is 0. The van der Waals surface area contributed by atoms with Gasteiger partial charge in [0, 0.05) is 60.5 Å². The molecule has 4 rings (SSSR count). The van der Waals surface area contributed by atoms with E-state index in [9.17, 15) is 4.79 Å². The van der Waals surface area contributed by atoms with Crippen LogP contribution in [0, 0.1) is 13.8 Å². The van der Waals surface area contributed by atoms with Gasteiger partial charge in [0.1, 0.15) is 17.3 Å². The Labute approximate surface area is 173 Å². The van der Waals surface area contributed by atoms with Gasteiger partial charge in [-0.1, -0.05) is 5.16 Å². The minimum atomic E-state index is -0.210. The monoisotopic (exact) mass is 402 g/mol. The Kier molecular flexibility index (Phi) is 5.14. The van der Waals surface area contributed by atoms with E-state index in [0.717, 1.165) is 33.8 Å². The number of anilines is 1. The van der Waals surface area contributed by atoms with Crippen molar-refractivity contribution >= 4 is 5.82 Å². The van der Waals surface area contributed by atoms with Crippen molar-refractivity contribution in [3.05, 3.63) is 76.3 Å². The summed E-state index contributed by atoms with van der Waals surface area (Å²) in [4.78, 5) is 23.4. The number of aromatic nitrogens is 5. The highest BCUT2D eigenvalue weighted by Crippen LogP contribution is 2.25. The minimum absolute atomic E-state index is 0.210. The Morgan fingerprint density at radius 2 is 1.73 bits per heavy atom. The van der Waals surface area contributed by atoms with Gasteiger partial charge in [-0.3, -0.25) is 9.78 Å². The van der Waals surface area contributed by atoms with Crippen molar-refractivity contribution in [3.63, 3.8) is 0 Å². The van der Waals surface area contributed by atoms with Crippen LogP contribution in [0.5, 0.6) is 0 Å². The van der Waals surface area contributed by atoms with Crippen molar-refractivity contribution in [2.75, 3.05) is 19.0 Å². The van der Waals surface area contributed by atoms with Gasteiger partial charge in [-0.15, -0.1) is 0 Å². The van der Waals surface area contributed by atoms with Crippen molar-refractivity contribution in [3.8, 4) is 22.4 Å². The molecule has 0 aliphatic rings. The van der Waals surface area contributed by atoms with Crippen LogP contribution in [0.15, 0.2) is 58.2 Å². The topological polar surface area (TPSA) is 89.9 Å². The van der Waals surface area contributed by atoms with Crippen molar-refractivity contribution in [2.45, 2.75) is 20.4 Å². The summed E-state index contributed by atoms with van der Waals surface area (Å²) in [6, 6.07) is 9.25. The third kappa shape index (κ3) is 3.84. The summed E-state index contributed by atoms with van der Waals surface area (Å²) in [6.07, 6.45) is 5.16. The molecule has 8 heteroatoms. The second-order valence-electron chi connectivity index (χ2n) is 7.29. The Hall–Kier alpha value is -3.81. The van der Waals surface area contributed by atoms with Gasteiger partial charge in [0.2, 0.25) is 0 Å². The van der Waals surface area contributed by atoms with Gasteiger partial charge in [0.15, 0.2) is 0 Å². The maximum atomic E-state index is 12.7. The van der Waals surface area contributed by atoms with Crippen LogP contribution in [0.25, 0.3) is 22.4 Å². The summed E-state index contributed by atoms with van der Waals surface area (Å²) in [7, 11) is 3.86. The van der Waals surface area contributed by atoms with E-state index >= 15 is 0 Å². The largest absolute Gasteiger partial charge is 0.363 e.